The molecular formula is C14H12BrNO3. The molecule has 2 rings (SSSR count). The van der Waals surface area contributed by atoms with Gasteiger partial charge in [0, 0.05) is 11.8 Å². The SMILES string of the molecule is Nc1cc(OCc2ccccc2)c(Br)cc1C(=O)O. The number of nitrogens with two attached hydrogens (primary N) is 1. The summed E-state index contributed by atoms with van der Waals surface area (Å²) in [5, 5.41) is 8.95. The molecule has 0 heterocycles. The second-order valence-corrected chi connectivity index (χ2v) is 4.80. The van der Waals surface area contributed by atoms with Crippen LogP contribution in [0.3, 0.4) is 0 Å². The van der Waals surface area contributed by atoms with Crippen molar-refractivity contribution in [1.29, 1.82) is 0 Å². The van der Waals surface area contributed by atoms with Crippen LogP contribution in [0, 0.1) is 0 Å². The number of nitrogen functional groups attached to an aromatic ring is 1. The molecular weight excluding hydrogens is 310 g/mol. The van der Waals surface area contributed by atoms with E-state index in [0.717, 1.165) is 5.56 Å². The first-order chi connectivity index (χ1) is 9.08. The molecule has 0 aliphatic heterocycles. The average Bonchev–Trinajstić information content (AvgIpc) is 2.40. The number of carbonyl (C=O) groups is 1. The summed E-state index contributed by atoms with van der Waals surface area (Å²) in [6.07, 6.45) is 0. The van der Waals surface area contributed by atoms with E-state index in [2.05, 4.69) is 15.9 Å². The normalized spacial score (nSPS) is 10.2. The third-order valence-electron chi connectivity index (χ3n) is 2.57. The number of carboxylic acid groups (broad SMARTS) is 1. The Hall–Kier alpha value is -2.01. The first kappa shape index (κ1) is 13.4. The summed E-state index contributed by atoms with van der Waals surface area (Å²) < 4.78 is 6.18. The van der Waals surface area contributed by atoms with E-state index in [-0.39, 0.29) is 11.3 Å². The Balaban J connectivity index is 2.17. The van der Waals surface area contributed by atoms with E-state index in [1.165, 1.54) is 12.1 Å². The number of hydrogen-bond acceptors (Lipinski definition) is 3. The van der Waals surface area contributed by atoms with Crippen molar-refractivity contribution in [2.75, 3.05) is 5.73 Å². The molecule has 3 N–H and O–H groups in total. The molecule has 5 heteroatoms. The van der Waals surface area contributed by atoms with Crippen molar-refractivity contribution in [2.24, 2.45) is 0 Å². The van der Waals surface area contributed by atoms with E-state index in [1.54, 1.807) is 0 Å². The molecule has 0 aromatic heterocycles. The quantitative estimate of drug-likeness (QED) is 0.847. The van der Waals surface area contributed by atoms with Crippen molar-refractivity contribution in [3.8, 4) is 5.75 Å². The van der Waals surface area contributed by atoms with E-state index >= 15 is 0 Å². The van der Waals surface area contributed by atoms with Gasteiger partial charge in [0.1, 0.15) is 12.4 Å². The van der Waals surface area contributed by atoms with Gasteiger partial charge in [-0.3, -0.25) is 0 Å². The van der Waals surface area contributed by atoms with Crippen LogP contribution in [-0.2, 0) is 6.61 Å². The molecule has 0 aliphatic rings. The van der Waals surface area contributed by atoms with E-state index in [4.69, 9.17) is 15.6 Å². The van der Waals surface area contributed by atoms with Gasteiger partial charge in [0.05, 0.1) is 10.0 Å². The molecule has 0 bridgehead atoms. The second kappa shape index (κ2) is 5.75. The minimum atomic E-state index is -1.06. The van der Waals surface area contributed by atoms with Crippen molar-refractivity contribution >= 4 is 27.6 Å². The zero-order valence-corrected chi connectivity index (χ0v) is 11.6. The molecule has 0 saturated heterocycles. The third-order valence-corrected chi connectivity index (χ3v) is 3.19. The van der Waals surface area contributed by atoms with Crippen LogP contribution in [0.1, 0.15) is 15.9 Å². The van der Waals surface area contributed by atoms with Crippen LogP contribution in [0.5, 0.6) is 5.75 Å². The zero-order chi connectivity index (χ0) is 13.8. The van der Waals surface area contributed by atoms with Gasteiger partial charge in [-0.2, -0.15) is 0 Å². The molecule has 0 fully saturated rings. The Kier molecular flexibility index (Phi) is 4.06. The first-order valence-corrected chi connectivity index (χ1v) is 6.36. The molecule has 19 heavy (non-hydrogen) atoms. The number of halogens is 1. The lowest BCUT2D eigenvalue weighted by molar-refractivity contribution is 0.0698. The highest BCUT2D eigenvalue weighted by molar-refractivity contribution is 9.10. The summed E-state index contributed by atoms with van der Waals surface area (Å²) in [6.45, 7) is 0.394. The maximum atomic E-state index is 10.9. The zero-order valence-electron chi connectivity index (χ0n) is 9.97. The number of rotatable bonds is 4. The number of hydrogen-bond donors (Lipinski definition) is 2. The lowest BCUT2D eigenvalue weighted by Crippen LogP contribution is -2.04. The highest BCUT2D eigenvalue weighted by Gasteiger charge is 2.12. The van der Waals surface area contributed by atoms with Crippen molar-refractivity contribution in [1.82, 2.24) is 0 Å². The van der Waals surface area contributed by atoms with Crippen LogP contribution in [0.25, 0.3) is 0 Å². The number of aromatic carboxylic acids is 1. The number of benzene rings is 2. The summed E-state index contributed by atoms with van der Waals surface area (Å²) in [7, 11) is 0. The Labute approximate surface area is 118 Å². The largest absolute Gasteiger partial charge is 0.488 e. The molecule has 0 aliphatic carbocycles. The van der Waals surface area contributed by atoms with Crippen LogP contribution in [0.4, 0.5) is 5.69 Å². The molecule has 4 nitrogen and oxygen atoms in total. The fourth-order valence-electron chi connectivity index (χ4n) is 1.60. The van der Waals surface area contributed by atoms with Crippen LogP contribution < -0.4 is 10.5 Å². The maximum absolute atomic E-state index is 10.9. The van der Waals surface area contributed by atoms with Gasteiger partial charge in [0.25, 0.3) is 0 Å². The molecule has 98 valence electrons. The molecule has 0 radical (unpaired) electrons. The average molecular weight is 322 g/mol. The minimum absolute atomic E-state index is 0.0546. The second-order valence-electron chi connectivity index (χ2n) is 3.95. The van der Waals surface area contributed by atoms with Crippen molar-refractivity contribution < 1.29 is 14.6 Å². The highest BCUT2D eigenvalue weighted by Crippen LogP contribution is 2.30. The number of carboxylic acids is 1. The van der Waals surface area contributed by atoms with E-state index in [9.17, 15) is 4.79 Å². The predicted octanol–water partition coefficient (Wildman–Crippen LogP) is 3.31. The summed E-state index contributed by atoms with van der Waals surface area (Å²) in [6, 6.07) is 12.6. The summed E-state index contributed by atoms with van der Waals surface area (Å²) in [4.78, 5) is 10.9. The molecule has 2 aromatic rings. The lowest BCUT2D eigenvalue weighted by atomic mass is 10.2. The smallest absolute Gasteiger partial charge is 0.337 e. The fourth-order valence-corrected chi connectivity index (χ4v) is 2.06. The molecule has 0 saturated carbocycles. The van der Waals surface area contributed by atoms with Gasteiger partial charge in [0.2, 0.25) is 0 Å². The monoisotopic (exact) mass is 321 g/mol. The van der Waals surface area contributed by atoms with Gasteiger partial charge in [0.15, 0.2) is 0 Å². The van der Waals surface area contributed by atoms with Gasteiger partial charge < -0.3 is 15.6 Å². The summed E-state index contributed by atoms with van der Waals surface area (Å²) in [5.74, 6) is -0.542. The van der Waals surface area contributed by atoms with Crippen molar-refractivity contribution in [3.05, 3.63) is 58.1 Å². The van der Waals surface area contributed by atoms with Gasteiger partial charge in [-0.15, -0.1) is 0 Å². The van der Waals surface area contributed by atoms with Crippen molar-refractivity contribution in [3.63, 3.8) is 0 Å². The molecule has 2 aromatic carbocycles. The van der Waals surface area contributed by atoms with Crippen LogP contribution in [-0.4, -0.2) is 11.1 Å². The Morgan fingerprint density at radius 3 is 2.58 bits per heavy atom. The molecule has 0 atom stereocenters. The van der Waals surface area contributed by atoms with Gasteiger partial charge in [-0.05, 0) is 27.6 Å². The number of ether oxygens (including phenoxy) is 1. The minimum Gasteiger partial charge on any atom is -0.488 e. The van der Waals surface area contributed by atoms with Crippen molar-refractivity contribution in [2.45, 2.75) is 6.61 Å². The third kappa shape index (κ3) is 3.26. The van der Waals surface area contributed by atoms with Gasteiger partial charge in [-0.25, -0.2) is 4.79 Å². The Morgan fingerprint density at radius 1 is 1.26 bits per heavy atom. The highest BCUT2D eigenvalue weighted by atomic mass is 79.9. The molecule has 0 amide bonds. The summed E-state index contributed by atoms with van der Waals surface area (Å²) in [5.41, 5.74) is 6.94. The molecule has 0 spiro atoms. The maximum Gasteiger partial charge on any atom is 0.337 e. The van der Waals surface area contributed by atoms with Crippen LogP contribution in [0.15, 0.2) is 46.9 Å². The first-order valence-electron chi connectivity index (χ1n) is 5.57. The van der Waals surface area contributed by atoms with Crippen LogP contribution in [0.2, 0.25) is 0 Å². The molecule has 0 unspecified atom stereocenters. The lowest BCUT2D eigenvalue weighted by Gasteiger charge is -2.10. The van der Waals surface area contributed by atoms with E-state index in [1.807, 2.05) is 30.3 Å². The number of anilines is 1. The Morgan fingerprint density at radius 2 is 1.95 bits per heavy atom. The Bertz CT molecular complexity index is 599. The van der Waals surface area contributed by atoms with Crippen LogP contribution >= 0.6 is 15.9 Å². The fraction of sp³-hybridized carbons (Fsp3) is 0.0714. The predicted molar refractivity (Wildman–Crippen MR) is 76.3 cm³/mol. The topological polar surface area (TPSA) is 72.5 Å². The van der Waals surface area contributed by atoms with E-state index in [0.29, 0.717) is 16.8 Å². The standard InChI is InChI=1S/C14H12BrNO3/c15-11-6-10(14(17)18)12(16)7-13(11)19-8-9-4-2-1-3-5-9/h1-7H,8,16H2,(H,17,18). The van der Waals surface area contributed by atoms with Gasteiger partial charge >= 0.3 is 5.97 Å². The summed E-state index contributed by atoms with van der Waals surface area (Å²) >= 11 is 3.28. The van der Waals surface area contributed by atoms with E-state index < -0.39 is 5.97 Å². The van der Waals surface area contributed by atoms with Gasteiger partial charge in [-0.1, -0.05) is 30.3 Å².